The summed E-state index contributed by atoms with van der Waals surface area (Å²) in [5.74, 6) is 0.593. The summed E-state index contributed by atoms with van der Waals surface area (Å²) in [6, 6.07) is 7.28. The van der Waals surface area contributed by atoms with Crippen molar-refractivity contribution >= 4 is 5.91 Å². The predicted octanol–water partition coefficient (Wildman–Crippen LogP) is 3.01. The molecule has 1 aromatic rings. The third-order valence-electron chi connectivity index (χ3n) is 5.12. The fourth-order valence-corrected chi connectivity index (χ4v) is 3.49. The van der Waals surface area contributed by atoms with Gasteiger partial charge in [-0.2, -0.15) is 0 Å². The Kier molecular flexibility index (Phi) is 8.35. The lowest BCUT2D eigenvalue weighted by Gasteiger charge is -2.36. The average molecular weight is 350 g/mol. The highest BCUT2D eigenvalue weighted by Gasteiger charge is 2.23. The van der Waals surface area contributed by atoms with Gasteiger partial charge in [-0.25, -0.2) is 4.39 Å². The standard InChI is InChI=1S/C20H31FN2O2/c1-16(15-18-3-6-19(21)7-4-18)23-12-9-17(10-13-23)5-8-20(24)22-11-14-25-2/h3-4,6-7,16-17H,5,8-15H2,1-2H3,(H,22,24)/t16-/m1/s1. The van der Waals surface area contributed by atoms with Crippen molar-refractivity contribution in [2.24, 2.45) is 5.92 Å². The molecule has 1 amide bonds. The number of benzene rings is 1. The van der Waals surface area contributed by atoms with Gasteiger partial charge in [0.25, 0.3) is 0 Å². The smallest absolute Gasteiger partial charge is 0.220 e. The predicted molar refractivity (Wildman–Crippen MR) is 98.0 cm³/mol. The number of carbonyl (C=O) groups excluding carboxylic acids is 1. The second-order valence-corrected chi connectivity index (χ2v) is 7.04. The van der Waals surface area contributed by atoms with E-state index in [0.717, 1.165) is 38.8 Å². The van der Waals surface area contributed by atoms with E-state index in [1.807, 2.05) is 12.1 Å². The first kappa shape index (κ1) is 19.9. The number of piperidine rings is 1. The van der Waals surface area contributed by atoms with Crippen LogP contribution < -0.4 is 5.32 Å². The first-order valence-electron chi connectivity index (χ1n) is 9.32. The molecule has 1 atom stereocenters. The Morgan fingerprint density at radius 2 is 2.00 bits per heavy atom. The molecule has 0 bridgehead atoms. The molecule has 1 saturated heterocycles. The van der Waals surface area contributed by atoms with Crippen LogP contribution in [-0.2, 0) is 16.0 Å². The van der Waals surface area contributed by atoms with Crippen molar-refractivity contribution in [3.05, 3.63) is 35.6 Å². The van der Waals surface area contributed by atoms with Crippen LogP contribution in [0.25, 0.3) is 0 Å². The lowest BCUT2D eigenvalue weighted by Crippen LogP contribution is -2.41. The number of likely N-dealkylation sites (tertiary alicyclic amines) is 1. The first-order valence-corrected chi connectivity index (χ1v) is 9.32. The number of hydrogen-bond donors (Lipinski definition) is 1. The molecule has 4 nitrogen and oxygen atoms in total. The van der Waals surface area contributed by atoms with Crippen LogP contribution in [0.4, 0.5) is 4.39 Å². The van der Waals surface area contributed by atoms with E-state index >= 15 is 0 Å². The van der Waals surface area contributed by atoms with Gasteiger partial charge in [0.15, 0.2) is 0 Å². The van der Waals surface area contributed by atoms with Gasteiger partial charge in [0, 0.05) is 26.1 Å². The van der Waals surface area contributed by atoms with Crippen LogP contribution in [0.5, 0.6) is 0 Å². The van der Waals surface area contributed by atoms with Crippen molar-refractivity contribution in [2.45, 2.75) is 45.1 Å². The Morgan fingerprint density at radius 3 is 2.64 bits per heavy atom. The van der Waals surface area contributed by atoms with E-state index in [-0.39, 0.29) is 11.7 Å². The Morgan fingerprint density at radius 1 is 1.32 bits per heavy atom. The Balaban J connectivity index is 1.65. The molecule has 1 aliphatic rings. The zero-order chi connectivity index (χ0) is 18.1. The SMILES string of the molecule is COCCNC(=O)CCC1CCN([C@H](C)Cc2ccc(F)cc2)CC1. The molecule has 1 aromatic carbocycles. The van der Waals surface area contributed by atoms with Gasteiger partial charge >= 0.3 is 0 Å². The molecule has 0 aliphatic carbocycles. The second kappa shape index (κ2) is 10.5. The summed E-state index contributed by atoms with van der Waals surface area (Å²) in [7, 11) is 1.64. The minimum absolute atomic E-state index is 0.129. The molecule has 1 N–H and O–H groups in total. The third-order valence-corrected chi connectivity index (χ3v) is 5.12. The first-order chi connectivity index (χ1) is 12.1. The van der Waals surface area contributed by atoms with Crippen LogP contribution in [0.15, 0.2) is 24.3 Å². The molecule has 0 spiro atoms. The van der Waals surface area contributed by atoms with E-state index in [4.69, 9.17) is 4.74 Å². The largest absolute Gasteiger partial charge is 0.383 e. The highest BCUT2D eigenvalue weighted by atomic mass is 19.1. The number of rotatable bonds is 9. The minimum Gasteiger partial charge on any atom is -0.383 e. The van der Waals surface area contributed by atoms with E-state index in [1.54, 1.807) is 7.11 Å². The van der Waals surface area contributed by atoms with Gasteiger partial charge in [-0.15, -0.1) is 0 Å². The Hall–Kier alpha value is -1.46. The normalized spacial score (nSPS) is 17.4. The van der Waals surface area contributed by atoms with Gasteiger partial charge in [-0.3, -0.25) is 4.79 Å². The van der Waals surface area contributed by atoms with Gasteiger partial charge in [-0.1, -0.05) is 12.1 Å². The number of nitrogens with zero attached hydrogens (tertiary/aromatic N) is 1. The number of carbonyl (C=O) groups is 1. The van der Waals surface area contributed by atoms with Gasteiger partial charge in [-0.05, 0) is 69.3 Å². The van der Waals surface area contributed by atoms with Crippen LogP contribution in [-0.4, -0.2) is 50.2 Å². The molecular weight excluding hydrogens is 319 g/mol. The summed E-state index contributed by atoms with van der Waals surface area (Å²) in [5.41, 5.74) is 1.18. The van der Waals surface area contributed by atoms with Crippen LogP contribution in [0, 0.1) is 11.7 Å². The summed E-state index contributed by atoms with van der Waals surface area (Å²) >= 11 is 0. The van der Waals surface area contributed by atoms with Gasteiger partial charge < -0.3 is 15.0 Å². The molecule has 0 saturated carbocycles. The van der Waals surface area contributed by atoms with Crippen LogP contribution in [0.2, 0.25) is 0 Å². The van der Waals surface area contributed by atoms with Crippen molar-refractivity contribution in [1.82, 2.24) is 10.2 Å². The molecule has 1 aliphatic heterocycles. The van der Waals surface area contributed by atoms with Gasteiger partial charge in [0.1, 0.15) is 5.82 Å². The zero-order valence-electron chi connectivity index (χ0n) is 15.5. The minimum atomic E-state index is -0.177. The molecular formula is C20H31FN2O2. The summed E-state index contributed by atoms with van der Waals surface area (Å²) in [6.07, 6.45) is 4.84. The summed E-state index contributed by atoms with van der Waals surface area (Å²) in [4.78, 5) is 14.3. The molecule has 0 radical (unpaired) electrons. The molecule has 5 heteroatoms. The van der Waals surface area contributed by atoms with Crippen LogP contribution in [0.1, 0.15) is 38.2 Å². The average Bonchev–Trinajstić information content (AvgIpc) is 2.62. The highest BCUT2D eigenvalue weighted by molar-refractivity contribution is 5.75. The highest BCUT2D eigenvalue weighted by Crippen LogP contribution is 2.24. The van der Waals surface area contributed by atoms with E-state index in [1.165, 1.54) is 17.7 Å². The maximum absolute atomic E-state index is 13.0. The maximum Gasteiger partial charge on any atom is 0.220 e. The molecule has 0 unspecified atom stereocenters. The number of hydrogen-bond acceptors (Lipinski definition) is 3. The van der Waals surface area contributed by atoms with Crippen molar-refractivity contribution in [3.8, 4) is 0 Å². The fourth-order valence-electron chi connectivity index (χ4n) is 3.49. The van der Waals surface area contributed by atoms with Crippen molar-refractivity contribution in [3.63, 3.8) is 0 Å². The van der Waals surface area contributed by atoms with Crippen molar-refractivity contribution in [1.29, 1.82) is 0 Å². The molecule has 0 aromatic heterocycles. The van der Waals surface area contributed by atoms with Gasteiger partial charge in [0.05, 0.1) is 6.61 Å². The number of nitrogens with one attached hydrogen (secondary N) is 1. The maximum atomic E-state index is 13.0. The summed E-state index contributed by atoms with van der Waals surface area (Å²) < 4.78 is 17.9. The number of halogens is 1. The molecule has 2 rings (SSSR count). The lowest BCUT2D eigenvalue weighted by molar-refractivity contribution is -0.121. The molecule has 140 valence electrons. The van der Waals surface area contributed by atoms with Crippen LogP contribution in [0.3, 0.4) is 0 Å². The fraction of sp³-hybridized carbons (Fsp3) is 0.650. The molecule has 1 heterocycles. The van der Waals surface area contributed by atoms with Crippen molar-refractivity contribution < 1.29 is 13.9 Å². The summed E-state index contributed by atoms with van der Waals surface area (Å²) in [5, 5.41) is 2.88. The number of methoxy groups -OCH3 is 1. The van der Waals surface area contributed by atoms with E-state index < -0.39 is 0 Å². The second-order valence-electron chi connectivity index (χ2n) is 7.04. The Labute approximate surface area is 150 Å². The van der Waals surface area contributed by atoms with Crippen molar-refractivity contribution in [2.75, 3.05) is 33.4 Å². The Bertz CT molecular complexity index is 513. The monoisotopic (exact) mass is 350 g/mol. The number of ether oxygens (including phenoxy) is 1. The number of amides is 1. The van der Waals surface area contributed by atoms with E-state index in [2.05, 4.69) is 17.1 Å². The van der Waals surface area contributed by atoms with E-state index in [0.29, 0.717) is 31.5 Å². The quantitative estimate of drug-likeness (QED) is 0.696. The van der Waals surface area contributed by atoms with Gasteiger partial charge in [0.2, 0.25) is 5.91 Å². The zero-order valence-corrected chi connectivity index (χ0v) is 15.5. The molecule has 1 fully saturated rings. The lowest BCUT2D eigenvalue weighted by atomic mass is 9.91. The third kappa shape index (κ3) is 7.12. The van der Waals surface area contributed by atoms with E-state index in [9.17, 15) is 9.18 Å². The van der Waals surface area contributed by atoms with Crippen LogP contribution >= 0.6 is 0 Å². The topological polar surface area (TPSA) is 41.6 Å². The molecule has 25 heavy (non-hydrogen) atoms. The summed E-state index contributed by atoms with van der Waals surface area (Å²) in [6.45, 7) is 5.56.